The van der Waals surface area contributed by atoms with Gasteiger partial charge >= 0.3 is 0 Å². The Hall–Kier alpha value is -1.40. The van der Waals surface area contributed by atoms with E-state index in [2.05, 4.69) is 10.1 Å². The Bertz CT molecular complexity index is 503. The second kappa shape index (κ2) is 4.85. The first-order valence-corrected chi connectivity index (χ1v) is 6.21. The number of hydrogen-bond donors (Lipinski definition) is 0. The molecule has 2 heterocycles. The molecule has 5 nitrogen and oxygen atoms in total. The summed E-state index contributed by atoms with van der Waals surface area (Å²) in [4.78, 5) is 17.8. The Morgan fingerprint density at radius 1 is 1.65 bits per heavy atom. The Morgan fingerprint density at radius 3 is 2.94 bits per heavy atom. The van der Waals surface area contributed by atoms with Gasteiger partial charge in [0.25, 0.3) is 5.91 Å². The van der Waals surface area contributed by atoms with Gasteiger partial charge in [-0.15, -0.1) is 11.3 Å². The molecule has 1 amide bonds. The lowest BCUT2D eigenvalue weighted by atomic mass is 10.3. The number of aryl methyl sites for hydroxylation is 1. The number of carbonyl (C=O) groups excluding carboxylic acids is 1. The van der Waals surface area contributed by atoms with Crippen molar-refractivity contribution in [1.82, 2.24) is 19.7 Å². The van der Waals surface area contributed by atoms with Gasteiger partial charge in [0.2, 0.25) is 0 Å². The van der Waals surface area contributed by atoms with Gasteiger partial charge in [0.1, 0.15) is 5.69 Å². The zero-order chi connectivity index (χ0) is 12.4. The van der Waals surface area contributed by atoms with Gasteiger partial charge in [-0.2, -0.15) is 5.10 Å². The smallest absolute Gasteiger partial charge is 0.273 e. The Kier molecular flexibility index (Phi) is 3.44. The van der Waals surface area contributed by atoms with Gasteiger partial charge in [-0.25, -0.2) is 4.98 Å². The number of amides is 1. The number of aromatic nitrogens is 3. The fraction of sp³-hybridized carbons (Fsp3) is 0.300. The van der Waals surface area contributed by atoms with Gasteiger partial charge in [-0.3, -0.25) is 9.48 Å². The van der Waals surface area contributed by atoms with Crippen LogP contribution in [0.15, 0.2) is 17.1 Å². The van der Waals surface area contributed by atoms with Gasteiger partial charge in [0.15, 0.2) is 0 Å². The zero-order valence-electron chi connectivity index (χ0n) is 9.42. The standard InChI is InChI=1S/C10H11ClN4OS/c1-14(4-7-5-17-6-12-7)10(16)9-8(11)3-13-15(9)2/h3,5-6H,4H2,1-2H3. The second-order valence-corrected chi connectivity index (χ2v) is 4.73. The molecule has 0 spiro atoms. The minimum absolute atomic E-state index is 0.164. The number of thiazole rings is 1. The van der Waals surface area contributed by atoms with Crippen LogP contribution in [0.4, 0.5) is 0 Å². The van der Waals surface area contributed by atoms with E-state index < -0.39 is 0 Å². The first kappa shape index (κ1) is 12.1. The third kappa shape index (κ3) is 2.48. The summed E-state index contributed by atoms with van der Waals surface area (Å²) in [6, 6.07) is 0. The van der Waals surface area contributed by atoms with Crippen molar-refractivity contribution in [3.8, 4) is 0 Å². The van der Waals surface area contributed by atoms with E-state index in [9.17, 15) is 4.79 Å². The average Bonchev–Trinajstić information content (AvgIpc) is 2.89. The van der Waals surface area contributed by atoms with Crippen LogP contribution in [0.2, 0.25) is 5.02 Å². The molecule has 17 heavy (non-hydrogen) atoms. The summed E-state index contributed by atoms with van der Waals surface area (Å²) in [7, 11) is 3.40. The van der Waals surface area contributed by atoms with E-state index in [0.717, 1.165) is 5.69 Å². The van der Waals surface area contributed by atoms with E-state index in [4.69, 9.17) is 11.6 Å². The van der Waals surface area contributed by atoms with Gasteiger partial charge in [0.05, 0.1) is 29.0 Å². The molecule has 0 saturated heterocycles. The lowest BCUT2D eigenvalue weighted by Crippen LogP contribution is -2.28. The number of rotatable bonds is 3. The van der Waals surface area contributed by atoms with Crippen LogP contribution in [0.3, 0.4) is 0 Å². The molecule has 0 saturated carbocycles. The molecule has 0 N–H and O–H groups in total. The largest absolute Gasteiger partial charge is 0.334 e. The molecule has 0 aromatic carbocycles. The molecule has 0 bridgehead atoms. The third-order valence-electron chi connectivity index (χ3n) is 2.33. The van der Waals surface area contributed by atoms with Crippen LogP contribution < -0.4 is 0 Å². The van der Waals surface area contributed by atoms with E-state index in [1.165, 1.54) is 22.2 Å². The van der Waals surface area contributed by atoms with E-state index in [0.29, 0.717) is 17.3 Å². The van der Waals surface area contributed by atoms with E-state index >= 15 is 0 Å². The van der Waals surface area contributed by atoms with Gasteiger partial charge in [-0.05, 0) is 0 Å². The summed E-state index contributed by atoms with van der Waals surface area (Å²) in [5.74, 6) is -0.164. The van der Waals surface area contributed by atoms with Gasteiger partial charge < -0.3 is 4.90 Å². The van der Waals surface area contributed by atoms with Crippen LogP contribution in [0.5, 0.6) is 0 Å². The molecule has 0 atom stereocenters. The SMILES string of the molecule is CN(Cc1cscn1)C(=O)c1c(Cl)cnn1C. The molecule has 0 radical (unpaired) electrons. The number of carbonyl (C=O) groups is 1. The molecule has 0 aliphatic heterocycles. The van der Waals surface area contributed by atoms with Crippen LogP contribution in [-0.4, -0.2) is 32.6 Å². The Balaban J connectivity index is 2.15. The lowest BCUT2D eigenvalue weighted by molar-refractivity contribution is 0.0773. The van der Waals surface area contributed by atoms with E-state index in [1.54, 1.807) is 24.5 Å². The summed E-state index contributed by atoms with van der Waals surface area (Å²) in [5.41, 5.74) is 3.00. The minimum atomic E-state index is -0.164. The second-order valence-electron chi connectivity index (χ2n) is 3.61. The molecule has 7 heteroatoms. The summed E-state index contributed by atoms with van der Waals surface area (Å²) in [6.45, 7) is 0.462. The molecule has 0 aliphatic rings. The van der Waals surface area contributed by atoms with Crippen LogP contribution in [0.1, 0.15) is 16.2 Å². The van der Waals surface area contributed by atoms with E-state index in [1.807, 2.05) is 5.38 Å². The van der Waals surface area contributed by atoms with Crippen molar-refractivity contribution in [3.63, 3.8) is 0 Å². The lowest BCUT2D eigenvalue weighted by Gasteiger charge is -2.16. The summed E-state index contributed by atoms with van der Waals surface area (Å²) in [5, 5.41) is 6.22. The first-order chi connectivity index (χ1) is 8.09. The van der Waals surface area contributed by atoms with Crippen LogP contribution in [-0.2, 0) is 13.6 Å². The fourth-order valence-electron chi connectivity index (χ4n) is 1.46. The minimum Gasteiger partial charge on any atom is -0.334 e. The van der Waals surface area contributed by atoms with Crippen molar-refractivity contribution < 1.29 is 4.79 Å². The predicted molar refractivity (Wildman–Crippen MR) is 66.1 cm³/mol. The maximum atomic E-state index is 12.1. The Morgan fingerprint density at radius 2 is 2.41 bits per heavy atom. The molecular weight excluding hydrogens is 260 g/mol. The molecular formula is C10H11ClN4OS. The van der Waals surface area contributed by atoms with Gasteiger partial charge in [0, 0.05) is 19.5 Å². The third-order valence-corrected chi connectivity index (χ3v) is 3.24. The summed E-state index contributed by atoms with van der Waals surface area (Å²) in [6.07, 6.45) is 1.46. The van der Waals surface area contributed by atoms with Crippen molar-refractivity contribution >= 4 is 28.8 Å². The van der Waals surface area contributed by atoms with Gasteiger partial charge in [-0.1, -0.05) is 11.6 Å². The van der Waals surface area contributed by atoms with E-state index in [-0.39, 0.29) is 5.91 Å². The fourth-order valence-corrected chi connectivity index (χ4v) is 2.26. The summed E-state index contributed by atoms with van der Waals surface area (Å²) < 4.78 is 1.47. The highest BCUT2D eigenvalue weighted by atomic mass is 35.5. The molecule has 0 unspecified atom stereocenters. The highest BCUT2D eigenvalue weighted by Crippen LogP contribution is 2.16. The zero-order valence-corrected chi connectivity index (χ0v) is 11.0. The number of nitrogens with zero attached hydrogens (tertiary/aromatic N) is 4. The number of halogens is 1. The predicted octanol–water partition coefficient (Wildman–Crippen LogP) is 1.80. The summed E-state index contributed by atoms with van der Waals surface area (Å²) >= 11 is 7.43. The maximum absolute atomic E-state index is 12.1. The molecule has 2 aromatic rings. The first-order valence-electron chi connectivity index (χ1n) is 4.89. The monoisotopic (exact) mass is 270 g/mol. The topological polar surface area (TPSA) is 51.0 Å². The average molecular weight is 271 g/mol. The molecule has 0 fully saturated rings. The normalized spacial score (nSPS) is 10.5. The van der Waals surface area contributed by atoms with Crippen molar-refractivity contribution in [2.45, 2.75) is 6.54 Å². The molecule has 2 rings (SSSR count). The van der Waals surface area contributed by atoms with Crippen LogP contribution in [0, 0.1) is 0 Å². The van der Waals surface area contributed by atoms with Crippen LogP contribution in [0.25, 0.3) is 0 Å². The molecule has 2 aromatic heterocycles. The highest BCUT2D eigenvalue weighted by Gasteiger charge is 2.19. The van der Waals surface area contributed by atoms with Crippen molar-refractivity contribution in [2.24, 2.45) is 7.05 Å². The Labute approximate surface area is 108 Å². The maximum Gasteiger partial charge on any atom is 0.273 e. The van der Waals surface area contributed by atoms with Crippen LogP contribution >= 0.6 is 22.9 Å². The van der Waals surface area contributed by atoms with Crippen molar-refractivity contribution in [3.05, 3.63) is 33.5 Å². The van der Waals surface area contributed by atoms with Crippen molar-refractivity contribution in [1.29, 1.82) is 0 Å². The molecule has 90 valence electrons. The highest BCUT2D eigenvalue weighted by molar-refractivity contribution is 7.07. The van der Waals surface area contributed by atoms with Crippen molar-refractivity contribution in [2.75, 3.05) is 7.05 Å². The molecule has 0 aliphatic carbocycles. The quantitative estimate of drug-likeness (QED) is 0.855. The number of hydrogen-bond acceptors (Lipinski definition) is 4.